The highest BCUT2D eigenvalue weighted by Gasteiger charge is 2.35. The van der Waals surface area contributed by atoms with E-state index >= 15 is 0 Å². The average Bonchev–Trinajstić information content (AvgIpc) is 2.09. The largest absolute Gasteiger partial charge is 0.389 e. The lowest BCUT2D eigenvalue weighted by atomic mass is 9.74. The Bertz CT molecular complexity index is 378. The van der Waals surface area contributed by atoms with Crippen LogP contribution < -0.4 is 0 Å². The van der Waals surface area contributed by atoms with E-state index in [-0.39, 0.29) is 5.41 Å². The van der Waals surface area contributed by atoms with Gasteiger partial charge in [0.25, 0.3) is 0 Å². The molecule has 1 rings (SSSR count). The van der Waals surface area contributed by atoms with Gasteiger partial charge in [0.15, 0.2) is 0 Å². The van der Waals surface area contributed by atoms with Crippen LogP contribution in [0.1, 0.15) is 33.3 Å². The molecule has 0 saturated heterocycles. The van der Waals surface area contributed by atoms with E-state index in [9.17, 15) is 5.11 Å². The van der Waals surface area contributed by atoms with Gasteiger partial charge in [-0.15, -0.1) is 0 Å². The van der Waals surface area contributed by atoms with Crippen molar-refractivity contribution in [2.75, 3.05) is 0 Å². The summed E-state index contributed by atoms with van der Waals surface area (Å²) in [4.78, 5) is 0. The highest BCUT2D eigenvalue weighted by Crippen LogP contribution is 2.35. The van der Waals surface area contributed by atoms with Crippen LogP contribution >= 0.6 is 23.2 Å². The fourth-order valence-electron chi connectivity index (χ4n) is 1.31. The van der Waals surface area contributed by atoms with Crippen LogP contribution in [-0.4, -0.2) is 10.7 Å². The van der Waals surface area contributed by atoms with Crippen molar-refractivity contribution in [2.45, 2.75) is 39.7 Å². The van der Waals surface area contributed by atoms with Crippen molar-refractivity contribution >= 4 is 23.2 Å². The smallest absolute Gasteiger partial charge is 0.0708 e. The lowest BCUT2D eigenvalue weighted by Gasteiger charge is -2.37. The molecule has 0 saturated carbocycles. The number of hydrogen-bond donors (Lipinski definition) is 1. The second-order valence-corrected chi connectivity index (χ2v) is 6.28. The molecule has 16 heavy (non-hydrogen) atoms. The van der Waals surface area contributed by atoms with Gasteiger partial charge in [0.2, 0.25) is 0 Å². The molecule has 0 aliphatic rings. The molecular formula is C13H18Cl2O. The summed E-state index contributed by atoms with van der Waals surface area (Å²) in [6, 6.07) is 5.32. The summed E-state index contributed by atoms with van der Waals surface area (Å²) in [5, 5.41) is 11.7. The summed E-state index contributed by atoms with van der Waals surface area (Å²) in [5.41, 5.74) is -0.144. The quantitative estimate of drug-likeness (QED) is 0.839. The Morgan fingerprint density at radius 3 is 2.19 bits per heavy atom. The number of rotatable bonds is 2. The number of benzene rings is 1. The van der Waals surface area contributed by atoms with Crippen LogP contribution in [0.25, 0.3) is 0 Å². The van der Waals surface area contributed by atoms with Crippen LogP contribution in [0, 0.1) is 5.41 Å². The summed E-state index contributed by atoms with van der Waals surface area (Å²) < 4.78 is 0. The molecule has 0 aliphatic heterocycles. The fourth-order valence-corrected chi connectivity index (χ4v) is 1.69. The van der Waals surface area contributed by atoms with Gasteiger partial charge in [0.1, 0.15) is 0 Å². The van der Waals surface area contributed by atoms with Crippen molar-refractivity contribution in [2.24, 2.45) is 5.41 Å². The van der Waals surface area contributed by atoms with Crippen LogP contribution in [0.4, 0.5) is 0 Å². The summed E-state index contributed by atoms with van der Waals surface area (Å²) >= 11 is 12.0. The average molecular weight is 261 g/mol. The maximum Gasteiger partial charge on any atom is 0.0708 e. The number of halogens is 2. The monoisotopic (exact) mass is 260 g/mol. The van der Waals surface area contributed by atoms with Crippen LogP contribution in [0.5, 0.6) is 0 Å². The predicted molar refractivity (Wildman–Crippen MR) is 70.2 cm³/mol. The summed E-state index contributed by atoms with van der Waals surface area (Å²) in [7, 11) is 0. The first-order chi connectivity index (χ1) is 7.13. The Balaban J connectivity index is 3.01. The molecule has 1 aromatic carbocycles. The highest BCUT2D eigenvalue weighted by atomic mass is 35.5. The zero-order chi connectivity index (χ0) is 12.6. The van der Waals surface area contributed by atoms with E-state index in [0.29, 0.717) is 16.5 Å². The molecule has 0 amide bonds. The van der Waals surface area contributed by atoms with E-state index in [1.54, 1.807) is 12.1 Å². The SMILES string of the molecule is CC(C)(C)C(C)(O)Cc1cc(Cl)ccc1Cl. The molecule has 90 valence electrons. The molecule has 1 unspecified atom stereocenters. The van der Waals surface area contributed by atoms with Gasteiger partial charge in [-0.25, -0.2) is 0 Å². The second kappa shape index (κ2) is 4.56. The molecular weight excluding hydrogens is 243 g/mol. The molecule has 0 aliphatic carbocycles. The van der Waals surface area contributed by atoms with Crippen molar-refractivity contribution in [3.05, 3.63) is 33.8 Å². The van der Waals surface area contributed by atoms with E-state index in [2.05, 4.69) is 0 Å². The topological polar surface area (TPSA) is 20.2 Å². The van der Waals surface area contributed by atoms with E-state index in [4.69, 9.17) is 23.2 Å². The van der Waals surface area contributed by atoms with Crippen LogP contribution in [0.3, 0.4) is 0 Å². The molecule has 1 N–H and O–H groups in total. The van der Waals surface area contributed by atoms with E-state index in [1.165, 1.54) is 0 Å². The minimum atomic E-state index is -0.818. The standard InChI is InChI=1S/C13H18Cl2O/c1-12(2,3)13(4,16)8-9-7-10(14)5-6-11(9)15/h5-7,16H,8H2,1-4H3. The molecule has 1 nitrogen and oxygen atoms in total. The molecule has 0 aromatic heterocycles. The summed E-state index contributed by atoms with van der Waals surface area (Å²) in [5.74, 6) is 0. The van der Waals surface area contributed by atoms with Gasteiger partial charge in [-0.2, -0.15) is 0 Å². The van der Waals surface area contributed by atoms with Gasteiger partial charge in [0, 0.05) is 16.5 Å². The lowest BCUT2D eigenvalue weighted by molar-refractivity contribution is -0.0405. The molecule has 0 radical (unpaired) electrons. The van der Waals surface area contributed by atoms with Gasteiger partial charge < -0.3 is 5.11 Å². The first-order valence-electron chi connectivity index (χ1n) is 5.30. The summed E-state index contributed by atoms with van der Waals surface area (Å²) in [6.07, 6.45) is 0.496. The Labute approximate surface area is 107 Å². The number of aliphatic hydroxyl groups is 1. The fraction of sp³-hybridized carbons (Fsp3) is 0.538. The van der Waals surface area contributed by atoms with Gasteiger partial charge in [-0.05, 0) is 36.1 Å². The Kier molecular flexibility index (Phi) is 3.94. The molecule has 0 heterocycles. The van der Waals surface area contributed by atoms with Crippen molar-refractivity contribution in [1.82, 2.24) is 0 Å². The first kappa shape index (κ1) is 13.8. The molecule has 0 fully saturated rings. The Morgan fingerprint density at radius 1 is 1.12 bits per heavy atom. The normalized spacial score (nSPS) is 15.9. The van der Waals surface area contributed by atoms with Crippen molar-refractivity contribution in [1.29, 1.82) is 0 Å². The highest BCUT2D eigenvalue weighted by molar-refractivity contribution is 6.33. The zero-order valence-electron chi connectivity index (χ0n) is 10.1. The molecule has 0 bridgehead atoms. The Morgan fingerprint density at radius 2 is 1.69 bits per heavy atom. The minimum Gasteiger partial charge on any atom is -0.389 e. The molecule has 1 aromatic rings. The number of hydrogen-bond acceptors (Lipinski definition) is 1. The third kappa shape index (κ3) is 3.13. The zero-order valence-corrected chi connectivity index (χ0v) is 11.7. The van der Waals surface area contributed by atoms with Gasteiger partial charge in [0.05, 0.1) is 5.60 Å². The minimum absolute atomic E-state index is 0.210. The van der Waals surface area contributed by atoms with Gasteiger partial charge in [-0.1, -0.05) is 44.0 Å². The van der Waals surface area contributed by atoms with Crippen molar-refractivity contribution < 1.29 is 5.11 Å². The van der Waals surface area contributed by atoms with Crippen LogP contribution in [0.2, 0.25) is 10.0 Å². The van der Waals surface area contributed by atoms with Gasteiger partial charge >= 0.3 is 0 Å². The van der Waals surface area contributed by atoms with Gasteiger partial charge in [-0.3, -0.25) is 0 Å². The molecule has 0 spiro atoms. The maximum atomic E-state index is 10.4. The third-order valence-electron chi connectivity index (χ3n) is 3.16. The van der Waals surface area contributed by atoms with Crippen LogP contribution in [0.15, 0.2) is 18.2 Å². The van der Waals surface area contributed by atoms with Crippen molar-refractivity contribution in [3.8, 4) is 0 Å². The van der Waals surface area contributed by atoms with Crippen LogP contribution in [-0.2, 0) is 6.42 Å². The van der Waals surface area contributed by atoms with E-state index in [0.717, 1.165) is 5.56 Å². The summed E-state index contributed by atoms with van der Waals surface area (Å²) in [6.45, 7) is 7.84. The third-order valence-corrected chi connectivity index (χ3v) is 3.76. The van der Waals surface area contributed by atoms with E-state index in [1.807, 2.05) is 33.8 Å². The maximum absolute atomic E-state index is 10.4. The molecule has 3 heteroatoms. The van der Waals surface area contributed by atoms with Crippen molar-refractivity contribution in [3.63, 3.8) is 0 Å². The second-order valence-electron chi connectivity index (χ2n) is 5.44. The lowest BCUT2D eigenvalue weighted by Crippen LogP contribution is -2.41. The first-order valence-corrected chi connectivity index (χ1v) is 6.05. The predicted octanol–water partition coefficient (Wildman–Crippen LogP) is 4.33. The molecule has 1 atom stereocenters. The van der Waals surface area contributed by atoms with E-state index < -0.39 is 5.60 Å². The Hall–Kier alpha value is -0.240.